The van der Waals surface area contributed by atoms with E-state index in [-0.39, 0.29) is 0 Å². The molecule has 2 nitrogen and oxygen atoms in total. The van der Waals surface area contributed by atoms with Crippen LogP contribution in [-0.2, 0) is 0 Å². The zero-order valence-electron chi connectivity index (χ0n) is 8.39. The Bertz CT molecular complexity index is 295. The van der Waals surface area contributed by atoms with Crippen LogP contribution in [0.25, 0.3) is 0 Å². The van der Waals surface area contributed by atoms with Gasteiger partial charge < -0.3 is 11.1 Å². The minimum Gasteiger partial charge on any atom is -0.398 e. The third-order valence-corrected chi connectivity index (χ3v) is 1.84. The second-order valence-corrected chi connectivity index (χ2v) is 3.14. The Balaban J connectivity index is 0.000000671. The van der Waals surface area contributed by atoms with Crippen LogP contribution in [0.4, 0.5) is 5.69 Å². The Morgan fingerprint density at radius 3 is 2.31 bits per heavy atom. The second kappa shape index (κ2) is 5.71. The van der Waals surface area contributed by atoms with Gasteiger partial charge >= 0.3 is 0 Å². The third kappa shape index (κ3) is 3.56. The Morgan fingerprint density at radius 1 is 1.38 bits per heavy atom. The number of rotatable bonds is 1. The highest BCUT2D eigenvalue weighted by molar-refractivity contribution is 7.27. The SMILES string of the molecule is CC.CC(=N)c1cc(P)ccc1N. The standard InChI is InChI=1S/C8H11N2P.C2H6/c1-5(9)7-4-6(11)2-3-8(7)10;1-2/h2-4,9H,10-11H2,1H3;1-2H3. The monoisotopic (exact) mass is 196 g/mol. The van der Waals surface area contributed by atoms with E-state index in [0.717, 1.165) is 10.9 Å². The summed E-state index contributed by atoms with van der Waals surface area (Å²) in [7, 11) is 2.58. The van der Waals surface area contributed by atoms with Gasteiger partial charge in [0.05, 0.1) is 0 Å². The number of benzene rings is 1. The number of nitrogen functional groups attached to an aromatic ring is 1. The Morgan fingerprint density at radius 2 is 1.92 bits per heavy atom. The van der Waals surface area contributed by atoms with Crippen LogP contribution in [0, 0.1) is 5.41 Å². The van der Waals surface area contributed by atoms with Crippen molar-refractivity contribution in [2.24, 2.45) is 0 Å². The molecular weight excluding hydrogens is 179 g/mol. The topological polar surface area (TPSA) is 49.9 Å². The van der Waals surface area contributed by atoms with Crippen molar-refractivity contribution in [3.63, 3.8) is 0 Å². The molecule has 3 N–H and O–H groups in total. The quantitative estimate of drug-likeness (QED) is 0.403. The summed E-state index contributed by atoms with van der Waals surface area (Å²) in [6, 6.07) is 5.62. The predicted molar refractivity (Wildman–Crippen MR) is 64.0 cm³/mol. The maximum Gasteiger partial charge on any atom is 0.0406 e. The Labute approximate surface area is 82.3 Å². The van der Waals surface area contributed by atoms with Crippen LogP contribution in [0.3, 0.4) is 0 Å². The molecule has 0 amide bonds. The van der Waals surface area contributed by atoms with Gasteiger partial charge in [-0.25, -0.2) is 0 Å². The molecule has 0 aliphatic rings. The highest BCUT2D eigenvalue weighted by Gasteiger charge is 1.99. The molecule has 72 valence electrons. The molecule has 1 rings (SSSR count). The Kier molecular flexibility index (Phi) is 5.33. The van der Waals surface area contributed by atoms with Crippen LogP contribution in [0.2, 0.25) is 0 Å². The summed E-state index contributed by atoms with van der Waals surface area (Å²) in [6.07, 6.45) is 0. The van der Waals surface area contributed by atoms with Crippen LogP contribution in [0.1, 0.15) is 26.3 Å². The van der Waals surface area contributed by atoms with E-state index in [1.165, 1.54) is 0 Å². The van der Waals surface area contributed by atoms with E-state index >= 15 is 0 Å². The van der Waals surface area contributed by atoms with Gasteiger partial charge in [0.1, 0.15) is 0 Å². The number of nitrogens with two attached hydrogens (primary N) is 1. The average Bonchev–Trinajstić information content (AvgIpc) is 2.12. The van der Waals surface area contributed by atoms with E-state index in [1.54, 1.807) is 6.92 Å². The van der Waals surface area contributed by atoms with Crippen molar-refractivity contribution in [2.75, 3.05) is 5.73 Å². The van der Waals surface area contributed by atoms with Crippen LogP contribution < -0.4 is 11.0 Å². The molecule has 1 atom stereocenters. The fourth-order valence-corrected chi connectivity index (χ4v) is 1.16. The molecule has 3 heteroatoms. The highest BCUT2D eigenvalue weighted by Crippen LogP contribution is 2.10. The molecule has 0 aliphatic carbocycles. The lowest BCUT2D eigenvalue weighted by molar-refractivity contribution is 1.46. The fourth-order valence-electron chi connectivity index (χ4n) is 0.899. The molecule has 0 saturated carbocycles. The van der Waals surface area contributed by atoms with Gasteiger partial charge in [-0.1, -0.05) is 19.9 Å². The molecule has 1 aromatic carbocycles. The lowest BCUT2D eigenvalue weighted by Crippen LogP contribution is -2.03. The Hall–Kier alpha value is -0.880. The molecule has 13 heavy (non-hydrogen) atoms. The number of hydrogen-bond donors (Lipinski definition) is 2. The summed E-state index contributed by atoms with van der Waals surface area (Å²) in [5, 5.41) is 8.44. The summed E-state index contributed by atoms with van der Waals surface area (Å²) in [4.78, 5) is 0. The highest BCUT2D eigenvalue weighted by atomic mass is 31.0. The minimum atomic E-state index is 0.506. The molecule has 0 spiro atoms. The molecule has 0 fully saturated rings. The molecule has 0 saturated heterocycles. The van der Waals surface area contributed by atoms with E-state index < -0.39 is 0 Å². The molecule has 0 aromatic heterocycles. The molecule has 0 aliphatic heterocycles. The lowest BCUT2D eigenvalue weighted by atomic mass is 10.1. The summed E-state index contributed by atoms with van der Waals surface area (Å²) in [5.74, 6) is 0. The fraction of sp³-hybridized carbons (Fsp3) is 0.300. The summed E-state index contributed by atoms with van der Waals surface area (Å²) in [5.41, 5.74) is 7.63. The summed E-state index contributed by atoms with van der Waals surface area (Å²) < 4.78 is 0. The maximum atomic E-state index is 7.38. The van der Waals surface area contributed by atoms with Crippen molar-refractivity contribution in [2.45, 2.75) is 20.8 Å². The van der Waals surface area contributed by atoms with Crippen molar-refractivity contribution in [1.82, 2.24) is 0 Å². The molecule has 1 aromatic rings. The van der Waals surface area contributed by atoms with Crippen molar-refractivity contribution >= 4 is 25.9 Å². The van der Waals surface area contributed by atoms with Gasteiger partial charge in [-0.05, 0) is 24.4 Å². The minimum absolute atomic E-state index is 0.506. The predicted octanol–water partition coefficient (Wildman–Crippen LogP) is 2.18. The van der Waals surface area contributed by atoms with Gasteiger partial charge in [0.25, 0.3) is 0 Å². The summed E-state index contributed by atoms with van der Waals surface area (Å²) in [6.45, 7) is 5.73. The van der Waals surface area contributed by atoms with Gasteiger partial charge in [-0.15, -0.1) is 9.24 Å². The zero-order chi connectivity index (χ0) is 10.4. The van der Waals surface area contributed by atoms with Gasteiger partial charge in [0, 0.05) is 17.0 Å². The third-order valence-electron chi connectivity index (χ3n) is 1.48. The molecule has 1 unspecified atom stereocenters. The van der Waals surface area contributed by atoms with Crippen LogP contribution in [0.5, 0.6) is 0 Å². The smallest absolute Gasteiger partial charge is 0.0406 e. The van der Waals surface area contributed by atoms with Gasteiger partial charge in [0.2, 0.25) is 0 Å². The maximum absolute atomic E-state index is 7.38. The number of hydrogen-bond acceptors (Lipinski definition) is 2. The first kappa shape index (κ1) is 12.1. The number of nitrogens with one attached hydrogen (secondary N) is 1. The van der Waals surface area contributed by atoms with Crippen molar-refractivity contribution in [3.05, 3.63) is 23.8 Å². The summed E-state index contributed by atoms with van der Waals surface area (Å²) >= 11 is 0. The van der Waals surface area contributed by atoms with Crippen molar-refractivity contribution in [1.29, 1.82) is 5.41 Å². The van der Waals surface area contributed by atoms with E-state index in [2.05, 4.69) is 9.24 Å². The second-order valence-electron chi connectivity index (χ2n) is 2.47. The van der Waals surface area contributed by atoms with E-state index in [9.17, 15) is 0 Å². The van der Waals surface area contributed by atoms with E-state index in [4.69, 9.17) is 11.1 Å². The molecule has 0 bridgehead atoms. The largest absolute Gasteiger partial charge is 0.398 e. The average molecular weight is 196 g/mol. The van der Waals surface area contributed by atoms with E-state index in [0.29, 0.717) is 11.4 Å². The normalized spacial score (nSPS) is 8.62. The van der Waals surface area contributed by atoms with Gasteiger partial charge in [-0.3, -0.25) is 0 Å². The zero-order valence-corrected chi connectivity index (χ0v) is 9.54. The first-order valence-electron chi connectivity index (χ1n) is 4.32. The van der Waals surface area contributed by atoms with Crippen molar-refractivity contribution < 1.29 is 0 Å². The first-order valence-corrected chi connectivity index (χ1v) is 4.89. The van der Waals surface area contributed by atoms with Crippen LogP contribution >= 0.6 is 9.24 Å². The van der Waals surface area contributed by atoms with Crippen LogP contribution in [0.15, 0.2) is 18.2 Å². The van der Waals surface area contributed by atoms with Gasteiger partial charge in [0.15, 0.2) is 0 Å². The molecule has 0 heterocycles. The molecule has 0 radical (unpaired) electrons. The van der Waals surface area contributed by atoms with Crippen LogP contribution in [-0.4, -0.2) is 5.71 Å². The van der Waals surface area contributed by atoms with Crippen molar-refractivity contribution in [3.8, 4) is 0 Å². The first-order chi connectivity index (χ1) is 6.11. The van der Waals surface area contributed by atoms with E-state index in [1.807, 2.05) is 32.0 Å². The molecular formula is C10H17N2P. The number of anilines is 1. The lowest BCUT2D eigenvalue weighted by Gasteiger charge is -2.03. The van der Waals surface area contributed by atoms with Gasteiger partial charge in [-0.2, -0.15) is 0 Å².